The Labute approximate surface area is 174 Å². The Balaban J connectivity index is 1.52. The zero-order chi connectivity index (χ0) is 20.7. The maximum atomic E-state index is 12.4. The van der Waals surface area contributed by atoms with Crippen LogP contribution in [0.3, 0.4) is 0 Å². The van der Waals surface area contributed by atoms with Gasteiger partial charge in [0.05, 0.1) is 5.75 Å². The van der Waals surface area contributed by atoms with E-state index in [-0.39, 0.29) is 17.1 Å². The van der Waals surface area contributed by atoms with E-state index in [1.807, 2.05) is 30.3 Å². The number of carbonyl (C=O) groups excluding carboxylic acids is 1. The van der Waals surface area contributed by atoms with Gasteiger partial charge in [-0.2, -0.15) is 0 Å². The predicted molar refractivity (Wildman–Crippen MR) is 118 cm³/mol. The van der Waals surface area contributed by atoms with Crippen LogP contribution in [-0.4, -0.2) is 32.4 Å². The van der Waals surface area contributed by atoms with E-state index in [0.717, 1.165) is 31.2 Å². The zero-order valence-electron chi connectivity index (χ0n) is 17.2. The second kappa shape index (κ2) is 9.57. The molecule has 2 aromatic rings. The Morgan fingerprint density at radius 3 is 2.45 bits per heavy atom. The highest BCUT2D eigenvalue weighted by atomic mass is 32.2. The molecular formula is C24H31NO3S. The van der Waals surface area contributed by atoms with Gasteiger partial charge in [0.25, 0.3) is 0 Å². The number of benzene rings is 2. The van der Waals surface area contributed by atoms with Gasteiger partial charge in [-0.3, -0.25) is 4.79 Å². The molecule has 1 aliphatic rings. The molecule has 5 heteroatoms. The lowest BCUT2D eigenvalue weighted by Gasteiger charge is -2.30. The van der Waals surface area contributed by atoms with Crippen molar-refractivity contribution in [2.45, 2.75) is 50.9 Å². The minimum absolute atomic E-state index is 0.0400. The quantitative estimate of drug-likeness (QED) is 0.677. The van der Waals surface area contributed by atoms with E-state index in [9.17, 15) is 13.2 Å². The van der Waals surface area contributed by atoms with Crippen LogP contribution in [0.25, 0.3) is 0 Å². The fourth-order valence-corrected chi connectivity index (χ4v) is 5.56. The molecule has 2 aromatic carbocycles. The zero-order valence-corrected chi connectivity index (χ0v) is 18.0. The highest BCUT2D eigenvalue weighted by Gasteiger charge is 2.36. The van der Waals surface area contributed by atoms with E-state index < -0.39 is 15.6 Å². The van der Waals surface area contributed by atoms with Gasteiger partial charge in [0.15, 0.2) is 9.84 Å². The van der Waals surface area contributed by atoms with E-state index in [2.05, 4.69) is 36.5 Å². The first-order valence-corrected chi connectivity index (χ1v) is 12.3. The summed E-state index contributed by atoms with van der Waals surface area (Å²) in [5, 5.41) is 2.93. The molecule has 1 N–H and O–H groups in total. The summed E-state index contributed by atoms with van der Waals surface area (Å²) in [6.07, 6.45) is 5.58. The van der Waals surface area contributed by atoms with Crippen molar-refractivity contribution >= 4 is 15.7 Å². The standard InChI is InChI=1S/C24H31NO3S/c1-20-9-7-13-22(17-20)24(14-5-6-15-24)19-25-23(26)18-29(27,28)16-8-12-21-10-3-2-4-11-21/h2-4,7,9-11,13,17H,5-6,8,12,14-16,18-19H2,1H3,(H,25,26). The first-order valence-electron chi connectivity index (χ1n) is 10.5. The van der Waals surface area contributed by atoms with Crippen LogP contribution in [0.4, 0.5) is 0 Å². The van der Waals surface area contributed by atoms with Crippen molar-refractivity contribution in [2.75, 3.05) is 18.1 Å². The Morgan fingerprint density at radius 1 is 1.03 bits per heavy atom. The summed E-state index contributed by atoms with van der Waals surface area (Å²) in [6, 6.07) is 18.3. The smallest absolute Gasteiger partial charge is 0.235 e. The number of hydrogen-bond donors (Lipinski definition) is 1. The molecule has 0 aromatic heterocycles. The summed E-state index contributed by atoms with van der Waals surface area (Å²) in [7, 11) is -3.40. The van der Waals surface area contributed by atoms with Gasteiger partial charge in [0.2, 0.25) is 5.91 Å². The van der Waals surface area contributed by atoms with Crippen molar-refractivity contribution in [1.29, 1.82) is 0 Å². The largest absolute Gasteiger partial charge is 0.354 e. The maximum absolute atomic E-state index is 12.4. The SMILES string of the molecule is Cc1cccc(C2(CNC(=O)CS(=O)(=O)CCCc3ccccc3)CCCC2)c1. The lowest BCUT2D eigenvalue weighted by Crippen LogP contribution is -2.41. The van der Waals surface area contributed by atoms with E-state index in [1.165, 1.54) is 11.1 Å². The highest BCUT2D eigenvalue weighted by Crippen LogP contribution is 2.40. The third-order valence-electron chi connectivity index (χ3n) is 5.93. The van der Waals surface area contributed by atoms with Crippen molar-refractivity contribution in [3.05, 3.63) is 71.3 Å². The molecule has 1 amide bonds. The van der Waals surface area contributed by atoms with Crippen molar-refractivity contribution in [3.8, 4) is 0 Å². The molecule has 0 bridgehead atoms. The van der Waals surface area contributed by atoms with Crippen LogP contribution in [0.1, 0.15) is 48.8 Å². The minimum Gasteiger partial charge on any atom is -0.354 e. The molecule has 4 nitrogen and oxygen atoms in total. The number of nitrogens with one attached hydrogen (secondary N) is 1. The number of carbonyl (C=O) groups is 1. The van der Waals surface area contributed by atoms with E-state index in [4.69, 9.17) is 0 Å². The van der Waals surface area contributed by atoms with Gasteiger partial charge in [0.1, 0.15) is 5.75 Å². The summed E-state index contributed by atoms with van der Waals surface area (Å²) in [5.41, 5.74) is 3.51. The van der Waals surface area contributed by atoms with E-state index in [0.29, 0.717) is 19.4 Å². The normalized spacial score (nSPS) is 15.9. The lowest BCUT2D eigenvalue weighted by molar-refractivity contribution is -0.118. The molecule has 1 aliphatic carbocycles. The molecule has 29 heavy (non-hydrogen) atoms. The molecule has 0 aliphatic heterocycles. The van der Waals surface area contributed by atoms with Crippen LogP contribution >= 0.6 is 0 Å². The van der Waals surface area contributed by atoms with Gasteiger partial charge in [-0.25, -0.2) is 8.42 Å². The fourth-order valence-electron chi connectivity index (χ4n) is 4.33. The Morgan fingerprint density at radius 2 is 1.76 bits per heavy atom. The van der Waals surface area contributed by atoms with Crippen LogP contribution in [-0.2, 0) is 26.5 Å². The van der Waals surface area contributed by atoms with Gasteiger partial charge in [-0.05, 0) is 43.7 Å². The number of sulfone groups is 1. The molecule has 1 fully saturated rings. The summed E-state index contributed by atoms with van der Waals surface area (Å²) in [5.74, 6) is -0.770. The Bertz CT molecular complexity index is 916. The van der Waals surface area contributed by atoms with Crippen LogP contribution in [0.2, 0.25) is 0 Å². The Kier molecular flexibility index (Phi) is 7.12. The first-order chi connectivity index (χ1) is 13.9. The third kappa shape index (κ3) is 6.17. The average molecular weight is 414 g/mol. The molecule has 156 valence electrons. The molecule has 0 atom stereocenters. The number of amides is 1. The molecular weight excluding hydrogens is 382 g/mol. The molecule has 0 heterocycles. The van der Waals surface area contributed by atoms with Crippen LogP contribution in [0, 0.1) is 6.92 Å². The van der Waals surface area contributed by atoms with E-state index in [1.54, 1.807) is 0 Å². The number of rotatable bonds is 9. The second-order valence-electron chi connectivity index (χ2n) is 8.31. The van der Waals surface area contributed by atoms with Crippen LogP contribution < -0.4 is 5.32 Å². The summed E-state index contributed by atoms with van der Waals surface area (Å²) >= 11 is 0. The van der Waals surface area contributed by atoms with Gasteiger partial charge < -0.3 is 5.32 Å². The summed E-state index contributed by atoms with van der Waals surface area (Å²) < 4.78 is 24.7. The third-order valence-corrected chi connectivity index (χ3v) is 7.54. The topological polar surface area (TPSA) is 63.2 Å². The predicted octanol–water partition coefficient (Wildman–Crippen LogP) is 3.97. The van der Waals surface area contributed by atoms with Gasteiger partial charge >= 0.3 is 0 Å². The average Bonchev–Trinajstić information content (AvgIpc) is 3.17. The van der Waals surface area contributed by atoms with Crippen molar-refractivity contribution in [3.63, 3.8) is 0 Å². The molecule has 0 saturated heterocycles. The molecule has 0 unspecified atom stereocenters. The number of hydrogen-bond acceptors (Lipinski definition) is 3. The second-order valence-corrected chi connectivity index (χ2v) is 10.5. The monoisotopic (exact) mass is 413 g/mol. The fraction of sp³-hybridized carbons (Fsp3) is 0.458. The minimum atomic E-state index is -3.40. The van der Waals surface area contributed by atoms with Crippen LogP contribution in [0.5, 0.6) is 0 Å². The summed E-state index contributed by atoms with van der Waals surface area (Å²) in [6.45, 7) is 2.58. The van der Waals surface area contributed by atoms with Crippen molar-refractivity contribution < 1.29 is 13.2 Å². The molecule has 1 saturated carbocycles. The molecule has 0 spiro atoms. The maximum Gasteiger partial charge on any atom is 0.235 e. The van der Waals surface area contributed by atoms with Crippen molar-refractivity contribution in [2.24, 2.45) is 0 Å². The van der Waals surface area contributed by atoms with Gasteiger partial charge in [0, 0.05) is 12.0 Å². The highest BCUT2D eigenvalue weighted by molar-refractivity contribution is 7.92. The van der Waals surface area contributed by atoms with Gasteiger partial charge in [-0.1, -0.05) is 73.0 Å². The van der Waals surface area contributed by atoms with E-state index >= 15 is 0 Å². The molecule has 0 radical (unpaired) electrons. The number of aryl methyl sites for hydroxylation is 2. The summed E-state index contributed by atoms with van der Waals surface area (Å²) in [4.78, 5) is 12.4. The lowest BCUT2D eigenvalue weighted by atomic mass is 9.78. The van der Waals surface area contributed by atoms with Crippen LogP contribution in [0.15, 0.2) is 54.6 Å². The molecule has 3 rings (SSSR count). The first kappa shape index (κ1) is 21.6. The van der Waals surface area contributed by atoms with Crippen molar-refractivity contribution in [1.82, 2.24) is 5.32 Å². The Hall–Kier alpha value is -2.14. The van der Waals surface area contributed by atoms with Gasteiger partial charge in [-0.15, -0.1) is 0 Å².